The summed E-state index contributed by atoms with van der Waals surface area (Å²) in [7, 11) is 0. The lowest BCUT2D eigenvalue weighted by Gasteiger charge is -2.34. The fourth-order valence-electron chi connectivity index (χ4n) is 2.85. The van der Waals surface area contributed by atoms with E-state index in [1.165, 1.54) is 11.3 Å². The Morgan fingerprint density at radius 1 is 1.40 bits per heavy atom. The zero-order valence-electron chi connectivity index (χ0n) is 15.3. The van der Waals surface area contributed by atoms with Gasteiger partial charge in [0.1, 0.15) is 12.2 Å². The monoisotopic (exact) mass is 368 g/mol. The molecule has 1 aromatic heterocycles. The van der Waals surface area contributed by atoms with Crippen LogP contribution in [0.3, 0.4) is 0 Å². The van der Waals surface area contributed by atoms with Gasteiger partial charge in [0, 0.05) is 31.3 Å². The molecule has 1 saturated heterocycles. The highest BCUT2D eigenvalue weighted by Crippen LogP contribution is 2.22. The summed E-state index contributed by atoms with van der Waals surface area (Å²) in [4.78, 5) is 29.7. The SMILES string of the molecule is CC(C)(C)OC(=O)N1CCC[C@@H](CCCOCC(=O)c2nccs2)C1. The maximum Gasteiger partial charge on any atom is 0.410 e. The van der Waals surface area contributed by atoms with Crippen molar-refractivity contribution in [1.29, 1.82) is 0 Å². The number of ketones is 1. The predicted molar refractivity (Wildman–Crippen MR) is 97.0 cm³/mol. The Labute approximate surface area is 153 Å². The average molecular weight is 368 g/mol. The van der Waals surface area contributed by atoms with Gasteiger partial charge in [-0.05, 0) is 52.4 Å². The Kier molecular flexibility index (Phi) is 7.38. The van der Waals surface area contributed by atoms with Gasteiger partial charge in [-0.2, -0.15) is 0 Å². The fraction of sp³-hybridized carbons (Fsp3) is 0.722. The number of hydrogen-bond acceptors (Lipinski definition) is 6. The molecule has 0 radical (unpaired) electrons. The van der Waals surface area contributed by atoms with E-state index in [9.17, 15) is 9.59 Å². The first kappa shape index (κ1) is 19.8. The molecule has 1 amide bonds. The van der Waals surface area contributed by atoms with Gasteiger partial charge in [-0.15, -0.1) is 11.3 Å². The molecule has 1 atom stereocenters. The minimum Gasteiger partial charge on any atom is -0.444 e. The molecule has 2 heterocycles. The standard InChI is InChI=1S/C18H28N2O4S/c1-18(2,3)24-17(22)20-9-4-6-14(12-20)7-5-10-23-13-15(21)16-19-8-11-25-16/h8,11,14H,4-7,9-10,12-13H2,1-3H3/t14-/m0/s1. The van der Waals surface area contributed by atoms with Crippen molar-refractivity contribution in [1.82, 2.24) is 9.88 Å². The van der Waals surface area contributed by atoms with Crippen molar-refractivity contribution in [2.75, 3.05) is 26.3 Å². The van der Waals surface area contributed by atoms with Crippen LogP contribution in [0.4, 0.5) is 4.79 Å². The molecule has 0 N–H and O–H groups in total. The molecule has 0 aliphatic carbocycles. The number of ether oxygens (including phenoxy) is 2. The minimum atomic E-state index is -0.457. The molecule has 1 aliphatic heterocycles. The van der Waals surface area contributed by atoms with Crippen molar-refractivity contribution in [3.8, 4) is 0 Å². The summed E-state index contributed by atoms with van der Waals surface area (Å²) >= 11 is 1.33. The zero-order valence-corrected chi connectivity index (χ0v) is 16.1. The number of Topliss-reactive ketones (excluding diaryl/α,β-unsaturated/α-hetero) is 1. The Morgan fingerprint density at radius 2 is 2.20 bits per heavy atom. The van der Waals surface area contributed by atoms with Gasteiger partial charge in [0.15, 0.2) is 5.01 Å². The van der Waals surface area contributed by atoms with E-state index in [2.05, 4.69) is 4.98 Å². The van der Waals surface area contributed by atoms with Crippen LogP contribution >= 0.6 is 11.3 Å². The van der Waals surface area contributed by atoms with Crippen LogP contribution in [0.5, 0.6) is 0 Å². The number of likely N-dealkylation sites (tertiary alicyclic amines) is 1. The van der Waals surface area contributed by atoms with Crippen LogP contribution in [0, 0.1) is 5.92 Å². The van der Waals surface area contributed by atoms with E-state index < -0.39 is 5.60 Å². The van der Waals surface area contributed by atoms with E-state index in [4.69, 9.17) is 9.47 Å². The lowest BCUT2D eigenvalue weighted by atomic mass is 9.94. The third-order valence-corrected chi connectivity index (χ3v) is 4.79. The van der Waals surface area contributed by atoms with Crippen molar-refractivity contribution in [2.45, 2.75) is 52.1 Å². The summed E-state index contributed by atoms with van der Waals surface area (Å²) in [5, 5.41) is 2.28. The van der Waals surface area contributed by atoms with Crippen LogP contribution in [0.1, 0.15) is 56.3 Å². The van der Waals surface area contributed by atoms with Crippen molar-refractivity contribution >= 4 is 23.2 Å². The molecule has 1 aromatic rings. The smallest absolute Gasteiger partial charge is 0.410 e. The molecule has 1 aliphatic rings. The second kappa shape index (κ2) is 9.29. The quantitative estimate of drug-likeness (QED) is 0.541. The van der Waals surface area contributed by atoms with Crippen LogP contribution in [-0.2, 0) is 9.47 Å². The second-order valence-electron chi connectivity index (χ2n) is 7.39. The normalized spacial score (nSPS) is 18.2. The summed E-state index contributed by atoms with van der Waals surface area (Å²) in [6.45, 7) is 7.81. The molecule has 0 spiro atoms. The van der Waals surface area contributed by atoms with Gasteiger partial charge >= 0.3 is 6.09 Å². The average Bonchev–Trinajstić information content (AvgIpc) is 3.07. The number of carbonyl (C=O) groups excluding carboxylic acids is 2. The fourth-order valence-corrected chi connectivity index (χ4v) is 3.42. The molecule has 7 heteroatoms. The highest BCUT2D eigenvalue weighted by molar-refractivity contribution is 7.11. The van der Waals surface area contributed by atoms with Gasteiger partial charge in [-0.1, -0.05) is 0 Å². The van der Waals surface area contributed by atoms with Gasteiger partial charge in [0.05, 0.1) is 0 Å². The minimum absolute atomic E-state index is 0.0660. The maximum absolute atomic E-state index is 12.2. The summed E-state index contributed by atoms with van der Waals surface area (Å²) in [6.07, 6.45) is 5.41. The van der Waals surface area contributed by atoms with E-state index in [1.54, 1.807) is 11.6 Å². The lowest BCUT2D eigenvalue weighted by molar-refractivity contribution is 0.0155. The Hall–Kier alpha value is -1.47. The van der Waals surface area contributed by atoms with Crippen molar-refractivity contribution in [2.24, 2.45) is 5.92 Å². The topological polar surface area (TPSA) is 68.7 Å². The molecule has 140 valence electrons. The number of amides is 1. The molecule has 2 rings (SSSR count). The summed E-state index contributed by atoms with van der Waals surface area (Å²) in [5.74, 6) is 0.406. The predicted octanol–water partition coefficient (Wildman–Crippen LogP) is 3.77. The van der Waals surface area contributed by atoms with Gasteiger partial charge in [-0.3, -0.25) is 4.79 Å². The number of hydrogen-bond donors (Lipinski definition) is 0. The van der Waals surface area contributed by atoms with Crippen LogP contribution in [0.2, 0.25) is 0 Å². The number of piperidine rings is 1. The van der Waals surface area contributed by atoms with Crippen LogP contribution in [-0.4, -0.2) is 53.7 Å². The largest absolute Gasteiger partial charge is 0.444 e. The van der Waals surface area contributed by atoms with Gasteiger partial charge in [-0.25, -0.2) is 9.78 Å². The van der Waals surface area contributed by atoms with Gasteiger partial charge in [0.25, 0.3) is 0 Å². The molecular weight excluding hydrogens is 340 g/mol. The highest BCUT2D eigenvalue weighted by Gasteiger charge is 2.27. The van der Waals surface area contributed by atoms with Crippen LogP contribution in [0.15, 0.2) is 11.6 Å². The van der Waals surface area contributed by atoms with E-state index in [0.29, 0.717) is 17.5 Å². The van der Waals surface area contributed by atoms with Crippen LogP contribution in [0.25, 0.3) is 0 Å². The van der Waals surface area contributed by atoms with E-state index in [0.717, 1.165) is 38.8 Å². The third kappa shape index (κ3) is 7.12. The van der Waals surface area contributed by atoms with E-state index >= 15 is 0 Å². The molecule has 6 nitrogen and oxygen atoms in total. The molecular formula is C18H28N2O4S. The molecule has 25 heavy (non-hydrogen) atoms. The first-order valence-corrected chi connectivity index (χ1v) is 9.71. The number of aromatic nitrogens is 1. The molecule has 0 saturated carbocycles. The molecule has 0 aromatic carbocycles. The zero-order chi connectivity index (χ0) is 18.3. The van der Waals surface area contributed by atoms with Crippen molar-refractivity contribution in [3.63, 3.8) is 0 Å². The third-order valence-electron chi connectivity index (χ3n) is 3.98. The Morgan fingerprint density at radius 3 is 2.88 bits per heavy atom. The highest BCUT2D eigenvalue weighted by atomic mass is 32.1. The van der Waals surface area contributed by atoms with Crippen LogP contribution < -0.4 is 0 Å². The van der Waals surface area contributed by atoms with Crippen molar-refractivity contribution < 1.29 is 19.1 Å². The Bertz CT molecular complexity index is 554. The second-order valence-corrected chi connectivity index (χ2v) is 8.28. The molecule has 0 unspecified atom stereocenters. The first-order valence-electron chi connectivity index (χ1n) is 8.83. The number of thiazole rings is 1. The summed E-state index contributed by atoms with van der Waals surface area (Å²) in [6, 6.07) is 0. The summed E-state index contributed by atoms with van der Waals surface area (Å²) in [5.41, 5.74) is -0.457. The number of carbonyl (C=O) groups is 2. The van der Waals surface area contributed by atoms with Gasteiger partial charge < -0.3 is 14.4 Å². The molecule has 1 fully saturated rings. The molecule has 0 bridgehead atoms. The maximum atomic E-state index is 12.2. The lowest BCUT2D eigenvalue weighted by Crippen LogP contribution is -2.42. The number of rotatable bonds is 7. The van der Waals surface area contributed by atoms with Crippen molar-refractivity contribution in [3.05, 3.63) is 16.6 Å². The first-order chi connectivity index (χ1) is 11.8. The van der Waals surface area contributed by atoms with Gasteiger partial charge in [0.2, 0.25) is 5.78 Å². The Balaban J connectivity index is 1.62. The van der Waals surface area contributed by atoms with E-state index in [-0.39, 0.29) is 18.5 Å². The van der Waals surface area contributed by atoms with E-state index in [1.807, 2.05) is 25.7 Å². The number of nitrogens with zero attached hydrogens (tertiary/aromatic N) is 2. The summed E-state index contributed by atoms with van der Waals surface area (Å²) < 4.78 is 10.9.